The van der Waals surface area contributed by atoms with Crippen molar-refractivity contribution < 1.29 is 9.47 Å². The van der Waals surface area contributed by atoms with Crippen molar-refractivity contribution in [3.05, 3.63) is 143 Å². The lowest BCUT2D eigenvalue weighted by atomic mass is 9.94. The summed E-state index contributed by atoms with van der Waals surface area (Å²) in [4.78, 5) is 22.7. The third-order valence-corrected chi connectivity index (χ3v) is 10.4. The van der Waals surface area contributed by atoms with Crippen LogP contribution in [0.1, 0.15) is 61.1 Å². The number of pyridine rings is 2. The van der Waals surface area contributed by atoms with E-state index in [1.165, 1.54) is 34.9 Å². The van der Waals surface area contributed by atoms with E-state index in [0.717, 1.165) is 79.8 Å². The number of fused-ring (bicyclic) bond motifs is 3. The Hall–Kier alpha value is -6.41. The zero-order valence-corrected chi connectivity index (χ0v) is 34.0. The average Bonchev–Trinajstić information content (AvgIpc) is 3.50. The summed E-state index contributed by atoms with van der Waals surface area (Å²) >= 11 is 0. The van der Waals surface area contributed by atoms with Crippen molar-refractivity contribution in [1.82, 2.24) is 29.5 Å². The Morgan fingerprint density at radius 1 is 0.526 bits per heavy atom. The van der Waals surface area contributed by atoms with Gasteiger partial charge in [-0.15, -0.1) is 0 Å². The second kappa shape index (κ2) is 15.6. The van der Waals surface area contributed by atoms with Gasteiger partial charge in [-0.1, -0.05) is 27.7 Å². The molecule has 8 rings (SSSR count). The molecule has 0 amide bonds. The van der Waals surface area contributed by atoms with Gasteiger partial charge >= 0.3 is 0 Å². The molecule has 0 aliphatic heterocycles. The second-order valence-corrected chi connectivity index (χ2v) is 16.0. The van der Waals surface area contributed by atoms with Crippen LogP contribution in [0.2, 0.25) is 0 Å². The maximum atomic E-state index is 6.87. The van der Waals surface area contributed by atoms with Crippen LogP contribution < -0.4 is 9.47 Å². The molecule has 0 radical (unpaired) electrons. The summed E-state index contributed by atoms with van der Waals surface area (Å²) < 4.78 is 15.8. The van der Waals surface area contributed by atoms with Crippen molar-refractivity contribution in [3.63, 3.8) is 0 Å². The van der Waals surface area contributed by atoms with Crippen LogP contribution in [-0.4, -0.2) is 29.5 Å². The lowest BCUT2D eigenvalue weighted by molar-refractivity contribution is 0.470. The van der Waals surface area contributed by atoms with Crippen LogP contribution in [0.25, 0.3) is 50.3 Å². The van der Waals surface area contributed by atoms with E-state index in [-0.39, 0.29) is 0 Å². The van der Waals surface area contributed by atoms with Crippen molar-refractivity contribution in [3.8, 4) is 51.5 Å². The first kappa shape index (κ1) is 37.5. The molecule has 0 saturated heterocycles. The molecule has 8 heteroatoms. The zero-order valence-electron chi connectivity index (χ0n) is 34.0. The zero-order chi connectivity index (χ0) is 39.8. The highest BCUT2D eigenvalue weighted by molar-refractivity contribution is 6.09. The summed E-state index contributed by atoms with van der Waals surface area (Å²) in [6, 6.07) is 29.4. The van der Waals surface area contributed by atoms with E-state index in [1.807, 2.05) is 36.7 Å². The Labute approximate surface area is 334 Å². The van der Waals surface area contributed by atoms with E-state index in [2.05, 4.69) is 146 Å². The van der Waals surface area contributed by atoms with Crippen LogP contribution in [0.15, 0.2) is 110 Å². The molecular weight excluding hydrogens is 705 g/mol. The van der Waals surface area contributed by atoms with Gasteiger partial charge < -0.3 is 9.47 Å². The van der Waals surface area contributed by atoms with Crippen LogP contribution in [0, 0.1) is 39.5 Å². The van der Waals surface area contributed by atoms with Gasteiger partial charge in [-0.05, 0) is 159 Å². The van der Waals surface area contributed by atoms with Gasteiger partial charge in [-0.3, -0.25) is 14.5 Å². The fourth-order valence-corrected chi connectivity index (χ4v) is 7.70. The summed E-state index contributed by atoms with van der Waals surface area (Å²) in [5, 5.41) is 2.09. The summed E-state index contributed by atoms with van der Waals surface area (Å²) in [7, 11) is 0. The van der Waals surface area contributed by atoms with Crippen molar-refractivity contribution in [1.29, 1.82) is 0 Å². The highest BCUT2D eigenvalue weighted by Crippen LogP contribution is 2.41. The molecule has 286 valence electrons. The predicted molar refractivity (Wildman–Crippen MR) is 230 cm³/mol. The molecule has 0 fully saturated rings. The van der Waals surface area contributed by atoms with Gasteiger partial charge in [0, 0.05) is 46.4 Å². The molecule has 57 heavy (non-hydrogen) atoms. The number of ether oxygens (including phenoxy) is 2. The number of benzene rings is 4. The standard InChI is InChI=1S/C49H48N6O2/c1-29(2)17-41-33(7)21-35(43-19-31(5)13-15-51-43)23-47(41)56-37-9-11-39-40-12-10-38(26-46(40)55(45(39)25-37)49-53-27-50-28-54-49)57-48-24-36(44-20-32(6)14-16-52-44)22-34(8)42(48)18-30(3)4/h9-16,19-30H,17-18H2,1-8H3. The lowest BCUT2D eigenvalue weighted by Gasteiger charge is -2.18. The number of aromatic nitrogens is 6. The molecule has 0 spiro atoms. The molecular formula is C49H48N6O2. The Bertz CT molecular complexity index is 2580. The average molecular weight is 753 g/mol. The first-order valence-electron chi connectivity index (χ1n) is 19.7. The van der Waals surface area contributed by atoms with Gasteiger partial charge in [0.15, 0.2) is 0 Å². The first-order chi connectivity index (χ1) is 27.5. The summed E-state index contributed by atoms with van der Waals surface area (Å²) in [6.45, 7) is 17.4. The molecule has 0 bridgehead atoms. The Balaban J connectivity index is 1.24. The third-order valence-electron chi connectivity index (χ3n) is 10.4. The van der Waals surface area contributed by atoms with E-state index < -0.39 is 0 Å². The molecule has 0 aliphatic carbocycles. The van der Waals surface area contributed by atoms with Gasteiger partial charge in [0.05, 0.1) is 22.4 Å². The van der Waals surface area contributed by atoms with Crippen LogP contribution in [-0.2, 0) is 12.8 Å². The van der Waals surface area contributed by atoms with Crippen LogP contribution in [0.5, 0.6) is 23.0 Å². The topological polar surface area (TPSA) is 87.8 Å². The molecule has 0 atom stereocenters. The van der Waals surface area contributed by atoms with E-state index in [4.69, 9.17) is 9.47 Å². The van der Waals surface area contributed by atoms with Crippen molar-refractivity contribution in [2.45, 2.75) is 68.2 Å². The highest BCUT2D eigenvalue weighted by Gasteiger charge is 2.20. The van der Waals surface area contributed by atoms with Crippen LogP contribution in [0.3, 0.4) is 0 Å². The van der Waals surface area contributed by atoms with Crippen LogP contribution >= 0.6 is 0 Å². The Morgan fingerprint density at radius 3 is 1.40 bits per heavy atom. The fourth-order valence-electron chi connectivity index (χ4n) is 7.70. The molecule has 0 saturated carbocycles. The van der Waals surface area contributed by atoms with E-state index in [9.17, 15) is 0 Å². The molecule has 8 nitrogen and oxygen atoms in total. The summed E-state index contributed by atoms with van der Waals surface area (Å²) in [5.41, 5.74) is 12.8. The van der Waals surface area contributed by atoms with E-state index in [1.54, 1.807) is 0 Å². The largest absolute Gasteiger partial charge is 0.457 e. The summed E-state index contributed by atoms with van der Waals surface area (Å²) in [6.07, 6.45) is 8.55. The molecule has 8 aromatic rings. The second-order valence-electron chi connectivity index (χ2n) is 16.0. The van der Waals surface area contributed by atoms with Gasteiger partial charge in [-0.2, -0.15) is 0 Å². The summed E-state index contributed by atoms with van der Waals surface area (Å²) in [5.74, 6) is 4.49. The number of aryl methyl sites for hydroxylation is 4. The normalized spacial score (nSPS) is 11.6. The van der Waals surface area contributed by atoms with Crippen LogP contribution in [0.4, 0.5) is 0 Å². The van der Waals surface area contributed by atoms with Crippen molar-refractivity contribution in [2.24, 2.45) is 11.8 Å². The Morgan fingerprint density at radius 2 is 0.982 bits per heavy atom. The number of nitrogens with zero attached hydrogens (tertiary/aromatic N) is 6. The monoisotopic (exact) mass is 752 g/mol. The lowest BCUT2D eigenvalue weighted by Crippen LogP contribution is -2.03. The molecule has 4 aromatic heterocycles. The minimum Gasteiger partial charge on any atom is -0.457 e. The minimum atomic E-state index is 0.450. The number of rotatable bonds is 11. The smallest absolute Gasteiger partial charge is 0.237 e. The molecule has 4 heterocycles. The minimum absolute atomic E-state index is 0.450. The number of hydrogen-bond acceptors (Lipinski definition) is 7. The van der Waals surface area contributed by atoms with E-state index >= 15 is 0 Å². The van der Waals surface area contributed by atoms with Crippen molar-refractivity contribution in [2.75, 3.05) is 0 Å². The van der Waals surface area contributed by atoms with Crippen molar-refractivity contribution >= 4 is 21.8 Å². The van der Waals surface area contributed by atoms with Gasteiger partial charge in [0.2, 0.25) is 5.95 Å². The Kier molecular flexibility index (Phi) is 10.3. The highest BCUT2D eigenvalue weighted by atomic mass is 16.5. The fraction of sp³-hybridized carbons (Fsp3) is 0.245. The molecule has 0 unspecified atom stereocenters. The third kappa shape index (κ3) is 7.85. The number of hydrogen-bond donors (Lipinski definition) is 0. The van der Waals surface area contributed by atoms with Gasteiger partial charge in [0.1, 0.15) is 35.7 Å². The maximum absolute atomic E-state index is 6.87. The maximum Gasteiger partial charge on any atom is 0.237 e. The predicted octanol–water partition coefficient (Wildman–Crippen LogP) is 12.3. The molecule has 4 aromatic carbocycles. The molecule has 0 aliphatic rings. The van der Waals surface area contributed by atoms with Gasteiger partial charge in [-0.25, -0.2) is 15.0 Å². The van der Waals surface area contributed by atoms with Gasteiger partial charge in [0.25, 0.3) is 0 Å². The SMILES string of the molecule is Cc1ccnc(-c2cc(C)c(CC(C)C)c(Oc3ccc4c5ccc(Oc6cc(-c7cc(C)ccn7)cc(C)c6CC(C)C)cc5n(-c5ncncn5)c4c3)c2)c1. The quantitative estimate of drug-likeness (QED) is 0.130. The van der Waals surface area contributed by atoms with E-state index in [0.29, 0.717) is 29.3 Å². The first-order valence-corrected chi connectivity index (χ1v) is 19.7. The molecule has 0 N–H and O–H groups in total.